The molecule has 0 aromatic heterocycles. The summed E-state index contributed by atoms with van der Waals surface area (Å²) in [6, 6.07) is 16.6. The molecule has 0 amide bonds. The van der Waals surface area contributed by atoms with Crippen LogP contribution >= 0.6 is 0 Å². The van der Waals surface area contributed by atoms with E-state index >= 15 is 0 Å². The second kappa shape index (κ2) is 6.02. The van der Waals surface area contributed by atoms with Gasteiger partial charge in [0.25, 0.3) is 8.32 Å². The number of rotatable bonds is 3. The summed E-state index contributed by atoms with van der Waals surface area (Å²) >= 11 is 0. The molecule has 5 heteroatoms. The van der Waals surface area contributed by atoms with Gasteiger partial charge in [0.1, 0.15) is 17.5 Å². The standard InChI is InChI=1S/C18H13F3OSi/c19-13-4-1-7-16(10-13)23(22,17-8-2-5-14(20)11-17)18-9-3-6-15(21)12-18/h1-12,22H. The summed E-state index contributed by atoms with van der Waals surface area (Å²) in [6.45, 7) is 0. The zero-order chi connectivity index (χ0) is 16.4. The average molecular weight is 330 g/mol. The molecule has 3 aromatic rings. The number of halogens is 3. The molecular formula is C18H13F3OSi. The van der Waals surface area contributed by atoms with E-state index in [9.17, 15) is 18.0 Å². The Morgan fingerprint density at radius 2 is 0.870 bits per heavy atom. The van der Waals surface area contributed by atoms with Crippen LogP contribution in [0, 0.1) is 17.5 Å². The van der Waals surface area contributed by atoms with Gasteiger partial charge in [-0.05, 0) is 52.0 Å². The van der Waals surface area contributed by atoms with Crippen molar-refractivity contribution in [2.45, 2.75) is 0 Å². The van der Waals surface area contributed by atoms with Crippen LogP contribution in [-0.4, -0.2) is 13.1 Å². The van der Waals surface area contributed by atoms with Crippen molar-refractivity contribution in [2.75, 3.05) is 0 Å². The lowest BCUT2D eigenvalue weighted by molar-refractivity contribution is 0.578. The van der Waals surface area contributed by atoms with E-state index in [0.717, 1.165) is 0 Å². The minimum absolute atomic E-state index is 0.328. The Balaban J connectivity index is 2.29. The molecule has 3 aromatic carbocycles. The van der Waals surface area contributed by atoms with Crippen LogP contribution in [-0.2, 0) is 0 Å². The molecule has 1 nitrogen and oxygen atoms in total. The molecular weight excluding hydrogens is 317 g/mol. The van der Waals surface area contributed by atoms with Crippen molar-refractivity contribution in [3.8, 4) is 0 Å². The number of hydrogen-bond acceptors (Lipinski definition) is 1. The van der Waals surface area contributed by atoms with Crippen LogP contribution in [0.25, 0.3) is 0 Å². The van der Waals surface area contributed by atoms with E-state index in [-0.39, 0.29) is 0 Å². The second-order valence-electron chi connectivity index (χ2n) is 5.24. The van der Waals surface area contributed by atoms with Gasteiger partial charge in [-0.3, -0.25) is 0 Å². The van der Waals surface area contributed by atoms with Gasteiger partial charge in [-0.2, -0.15) is 0 Å². The molecule has 0 spiro atoms. The van der Waals surface area contributed by atoms with E-state index in [4.69, 9.17) is 0 Å². The van der Waals surface area contributed by atoms with E-state index in [0.29, 0.717) is 15.6 Å². The molecule has 0 fully saturated rings. The third-order valence-corrected chi connectivity index (χ3v) is 7.17. The van der Waals surface area contributed by atoms with E-state index < -0.39 is 25.8 Å². The average Bonchev–Trinajstić information content (AvgIpc) is 2.54. The van der Waals surface area contributed by atoms with Crippen LogP contribution in [0.15, 0.2) is 72.8 Å². The molecule has 0 heterocycles. The SMILES string of the molecule is O[Si](c1cccc(F)c1)(c1cccc(F)c1)c1cccc(F)c1. The van der Waals surface area contributed by atoms with Gasteiger partial charge >= 0.3 is 0 Å². The van der Waals surface area contributed by atoms with E-state index in [1.807, 2.05) is 0 Å². The van der Waals surface area contributed by atoms with Crippen molar-refractivity contribution in [1.82, 2.24) is 0 Å². The third-order valence-electron chi connectivity index (χ3n) is 3.73. The highest BCUT2D eigenvalue weighted by molar-refractivity contribution is 7.06. The Morgan fingerprint density at radius 1 is 0.565 bits per heavy atom. The van der Waals surface area contributed by atoms with Gasteiger partial charge in [-0.25, -0.2) is 13.2 Å². The fourth-order valence-electron chi connectivity index (χ4n) is 2.64. The van der Waals surface area contributed by atoms with Gasteiger partial charge in [0.05, 0.1) is 0 Å². The van der Waals surface area contributed by atoms with Crippen LogP contribution in [0.2, 0.25) is 0 Å². The molecule has 0 aliphatic heterocycles. The lowest BCUT2D eigenvalue weighted by Gasteiger charge is -2.27. The van der Waals surface area contributed by atoms with Crippen molar-refractivity contribution in [2.24, 2.45) is 0 Å². The highest BCUT2D eigenvalue weighted by Crippen LogP contribution is 2.08. The van der Waals surface area contributed by atoms with Gasteiger partial charge in [-0.15, -0.1) is 0 Å². The minimum atomic E-state index is -3.69. The number of benzene rings is 3. The topological polar surface area (TPSA) is 20.2 Å². The molecule has 0 saturated carbocycles. The molecule has 1 N–H and O–H groups in total. The largest absolute Gasteiger partial charge is 0.421 e. The molecule has 0 atom stereocenters. The molecule has 23 heavy (non-hydrogen) atoms. The molecule has 0 unspecified atom stereocenters. The van der Waals surface area contributed by atoms with Gasteiger partial charge in [-0.1, -0.05) is 36.4 Å². The Bertz CT molecular complexity index is 740. The first kappa shape index (κ1) is 15.5. The first-order valence-corrected chi connectivity index (χ1v) is 8.95. The zero-order valence-electron chi connectivity index (χ0n) is 12.0. The van der Waals surface area contributed by atoms with E-state index in [2.05, 4.69) is 0 Å². The Labute approximate surface area is 132 Å². The predicted octanol–water partition coefficient (Wildman–Crippen LogP) is 2.06. The maximum atomic E-state index is 13.7. The first-order chi connectivity index (χ1) is 11.0. The Hall–Kier alpha value is -2.37. The van der Waals surface area contributed by atoms with Gasteiger partial charge in [0.15, 0.2) is 0 Å². The highest BCUT2D eigenvalue weighted by atomic mass is 28.4. The van der Waals surface area contributed by atoms with Crippen LogP contribution < -0.4 is 15.6 Å². The Kier molecular flexibility index (Phi) is 4.06. The Morgan fingerprint density at radius 3 is 1.13 bits per heavy atom. The van der Waals surface area contributed by atoms with E-state index in [1.165, 1.54) is 54.6 Å². The molecule has 3 rings (SSSR count). The molecule has 116 valence electrons. The fraction of sp³-hybridized carbons (Fsp3) is 0. The van der Waals surface area contributed by atoms with Crippen molar-refractivity contribution < 1.29 is 18.0 Å². The quantitative estimate of drug-likeness (QED) is 0.576. The number of hydrogen-bond donors (Lipinski definition) is 1. The summed E-state index contributed by atoms with van der Waals surface area (Å²) in [6.07, 6.45) is 0. The predicted molar refractivity (Wildman–Crippen MR) is 86.1 cm³/mol. The van der Waals surface area contributed by atoms with Crippen molar-refractivity contribution in [3.05, 3.63) is 90.2 Å². The van der Waals surface area contributed by atoms with Crippen molar-refractivity contribution in [1.29, 1.82) is 0 Å². The lowest BCUT2D eigenvalue weighted by atomic mass is 10.3. The van der Waals surface area contributed by atoms with Crippen LogP contribution in [0.4, 0.5) is 13.2 Å². The second-order valence-corrected chi connectivity index (χ2v) is 8.39. The maximum absolute atomic E-state index is 13.7. The smallest absolute Gasteiger partial charge is 0.285 e. The molecule has 0 aliphatic rings. The summed E-state index contributed by atoms with van der Waals surface area (Å²) < 4.78 is 41.0. The first-order valence-electron chi connectivity index (χ1n) is 7.00. The third kappa shape index (κ3) is 2.93. The lowest BCUT2D eigenvalue weighted by Crippen LogP contribution is -2.67. The van der Waals surface area contributed by atoms with Crippen molar-refractivity contribution >= 4 is 23.9 Å². The summed E-state index contributed by atoms with van der Waals surface area (Å²) in [7, 11) is -3.69. The van der Waals surface area contributed by atoms with Gasteiger partial charge < -0.3 is 4.80 Å². The molecule has 0 saturated heterocycles. The van der Waals surface area contributed by atoms with Crippen LogP contribution in [0.3, 0.4) is 0 Å². The summed E-state index contributed by atoms with van der Waals surface area (Å²) in [4.78, 5) is 11.4. The van der Waals surface area contributed by atoms with Crippen LogP contribution in [0.5, 0.6) is 0 Å². The summed E-state index contributed by atoms with van der Waals surface area (Å²) in [5, 5.41) is 0.983. The monoisotopic (exact) mass is 330 g/mol. The van der Waals surface area contributed by atoms with E-state index in [1.54, 1.807) is 18.2 Å². The minimum Gasteiger partial charge on any atom is -0.421 e. The zero-order valence-corrected chi connectivity index (χ0v) is 13.0. The highest BCUT2D eigenvalue weighted by Gasteiger charge is 2.39. The van der Waals surface area contributed by atoms with Crippen molar-refractivity contribution in [3.63, 3.8) is 0 Å². The summed E-state index contributed by atoms with van der Waals surface area (Å²) in [5.41, 5.74) is 0. The summed E-state index contributed by atoms with van der Waals surface area (Å²) in [5.74, 6) is -1.54. The van der Waals surface area contributed by atoms with Crippen LogP contribution in [0.1, 0.15) is 0 Å². The normalized spacial score (nSPS) is 11.5. The maximum Gasteiger partial charge on any atom is 0.285 e. The molecule has 0 radical (unpaired) electrons. The molecule has 0 bridgehead atoms. The van der Waals surface area contributed by atoms with Gasteiger partial charge in [0, 0.05) is 0 Å². The fourth-order valence-corrected chi connectivity index (χ4v) is 5.69. The molecule has 0 aliphatic carbocycles. The van der Waals surface area contributed by atoms with Gasteiger partial charge in [0.2, 0.25) is 0 Å².